The fourth-order valence-corrected chi connectivity index (χ4v) is 2.43. The van der Waals surface area contributed by atoms with E-state index in [9.17, 15) is 14.7 Å². The Morgan fingerprint density at radius 3 is 2.50 bits per heavy atom. The zero-order chi connectivity index (χ0) is 20.5. The molecule has 0 aliphatic heterocycles. The van der Waals surface area contributed by atoms with Gasteiger partial charge in [-0.25, -0.2) is 14.8 Å². The zero-order valence-corrected chi connectivity index (χ0v) is 15.9. The van der Waals surface area contributed by atoms with Crippen molar-refractivity contribution in [3.8, 4) is 0 Å². The molecule has 1 aromatic heterocycles. The Hall–Kier alpha value is -3.42. The number of benzene rings is 1. The first-order valence-corrected chi connectivity index (χ1v) is 8.94. The maximum Gasteiger partial charge on any atom is 0.326 e. The summed E-state index contributed by atoms with van der Waals surface area (Å²) < 4.78 is 0. The van der Waals surface area contributed by atoms with Crippen LogP contribution in [0.15, 0.2) is 53.5 Å². The van der Waals surface area contributed by atoms with E-state index in [1.165, 1.54) is 6.07 Å². The predicted molar refractivity (Wildman–Crippen MR) is 107 cm³/mol. The van der Waals surface area contributed by atoms with Crippen LogP contribution < -0.4 is 16.4 Å². The number of hydrogen-bond donors (Lipinski definition) is 4. The highest BCUT2D eigenvalue weighted by atomic mass is 16.4. The summed E-state index contributed by atoms with van der Waals surface area (Å²) in [6.07, 6.45) is 0. The van der Waals surface area contributed by atoms with Crippen molar-refractivity contribution in [1.82, 2.24) is 15.6 Å². The van der Waals surface area contributed by atoms with E-state index in [-0.39, 0.29) is 24.1 Å². The second-order valence-electron chi connectivity index (χ2n) is 6.59. The van der Waals surface area contributed by atoms with Crippen molar-refractivity contribution in [1.29, 1.82) is 0 Å². The summed E-state index contributed by atoms with van der Waals surface area (Å²) in [6.45, 7) is 4.20. The molecule has 1 heterocycles. The quantitative estimate of drug-likeness (QED) is 0.404. The van der Waals surface area contributed by atoms with Crippen molar-refractivity contribution in [3.63, 3.8) is 0 Å². The van der Waals surface area contributed by atoms with Crippen molar-refractivity contribution in [2.24, 2.45) is 16.6 Å². The monoisotopic (exact) mass is 383 g/mol. The molecule has 0 radical (unpaired) electrons. The highest BCUT2D eigenvalue weighted by Gasteiger charge is 2.24. The molecule has 2 rings (SSSR count). The first-order chi connectivity index (χ1) is 13.4. The molecule has 1 atom stereocenters. The molecule has 0 aliphatic rings. The molecular weight excluding hydrogens is 358 g/mol. The maximum atomic E-state index is 12.3. The maximum absolute atomic E-state index is 12.3. The fourth-order valence-electron chi connectivity index (χ4n) is 2.43. The van der Waals surface area contributed by atoms with Crippen molar-refractivity contribution in [3.05, 3.63) is 65.5 Å². The molecule has 0 saturated heterocycles. The largest absolute Gasteiger partial charge is 0.480 e. The van der Waals surface area contributed by atoms with Gasteiger partial charge in [0.2, 0.25) is 0 Å². The minimum absolute atomic E-state index is 0.144. The number of guanidine groups is 1. The second kappa shape index (κ2) is 10.1. The number of aliphatic carboxylic acids is 1. The van der Waals surface area contributed by atoms with Crippen LogP contribution in [0.2, 0.25) is 0 Å². The predicted octanol–water partition coefficient (Wildman–Crippen LogP) is 1.53. The van der Waals surface area contributed by atoms with Crippen LogP contribution in [0.4, 0.5) is 0 Å². The number of amides is 1. The number of nitrogens with zero attached hydrogens (tertiary/aromatic N) is 2. The van der Waals surface area contributed by atoms with E-state index in [1.807, 2.05) is 30.3 Å². The van der Waals surface area contributed by atoms with Crippen molar-refractivity contribution in [2.45, 2.75) is 33.0 Å². The molecule has 28 heavy (non-hydrogen) atoms. The summed E-state index contributed by atoms with van der Waals surface area (Å²) in [5.41, 5.74) is 7.64. The third-order valence-corrected chi connectivity index (χ3v) is 3.98. The van der Waals surface area contributed by atoms with Gasteiger partial charge in [-0.2, -0.15) is 0 Å². The third kappa shape index (κ3) is 6.39. The summed E-state index contributed by atoms with van der Waals surface area (Å²) in [4.78, 5) is 32.1. The first-order valence-electron chi connectivity index (χ1n) is 8.94. The van der Waals surface area contributed by atoms with E-state index in [0.29, 0.717) is 12.2 Å². The Kier molecular flexibility index (Phi) is 7.50. The van der Waals surface area contributed by atoms with Gasteiger partial charge in [-0.05, 0) is 23.6 Å². The Labute approximate surface area is 163 Å². The summed E-state index contributed by atoms with van der Waals surface area (Å²) in [5.74, 6) is -1.59. The molecule has 1 amide bonds. The smallest absolute Gasteiger partial charge is 0.326 e. The number of carboxylic acids is 1. The van der Waals surface area contributed by atoms with Gasteiger partial charge in [-0.15, -0.1) is 0 Å². The highest BCUT2D eigenvalue weighted by molar-refractivity contribution is 5.95. The second-order valence-corrected chi connectivity index (χ2v) is 6.59. The molecule has 1 aromatic carbocycles. The normalized spacial score (nSPS) is 12.5. The number of nitrogens with two attached hydrogens (primary N) is 1. The van der Waals surface area contributed by atoms with Gasteiger partial charge in [0.05, 0.1) is 18.8 Å². The van der Waals surface area contributed by atoms with Crippen LogP contribution in [0.1, 0.15) is 35.6 Å². The molecule has 0 aliphatic carbocycles. The first kappa shape index (κ1) is 20.9. The molecule has 2 aromatic rings. The Morgan fingerprint density at radius 1 is 1.14 bits per heavy atom. The molecule has 5 N–H and O–H groups in total. The van der Waals surface area contributed by atoms with E-state index in [4.69, 9.17) is 5.73 Å². The molecule has 0 unspecified atom stereocenters. The standard InChI is InChI=1S/C20H25N5O3/c1-13(2)17(19(27)28)25-18(26)16-10-6-9-15(24-16)12-23-20(21)22-11-14-7-4-3-5-8-14/h3-10,13,17H,11-12H2,1-2H3,(H,25,26)(H,27,28)(H3,21,22,23)/t17-/m0/s1. The van der Waals surface area contributed by atoms with Crippen molar-refractivity contribution in [2.75, 3.05) is 0 Å². The van der Waals surface area contributed by atoms with Gasteiger partial charge in [-0.3, -0.25) is 4.79 Å². The van der Waals surface area contributed by atoms with Crippen LogP contribution in [0.3, 0.4) is 0 Å². The molecule has 0 spiro atoms. The zero-order valence-electron chi connectivity index (χ0n) is 15.9. The number of carboxylic acid groups (broad SMARTS) is 1. The van der Waals surface area contributed by atoms with Crippen LogP contribution in [-0.2, 0) is 17.9 Å². The average molecular weight is 383 g/mol. The lowest BCUT2D eigenvalue weighted by Gasteiger charge is -2.17. The summed E-state index contributed by atoms with van der Waals surface area (Å²) in [7, 11) is 0. The van der Waals surface area contributed by atoms with Gasteiger partial charge in [-0.1, -0.05) is 50.2 Å². The van der Waals surface area contributed by atoms with Crippen molar-refractivity contribution < 1.29 is 14.7 Å². The third-order valence-electron chi connectivity index (χ3n) is 3.98. The molecular formula is C20H25N5O3. The molecule has 0 saturated carbocycles. The Morgan fingerprint density at radius 2 is 1.86 bits per heavy atom. The number of nitrogens with one attached hydrogen (secondary N) is 2. The number of aliphatic imine (C=N–C) groups is 1. The lowest BCUT2D eigenvalue weighted by molar-refractivity contribution is -0.140. The van der Waals surface area contributed by atoms with E-state index in [1.54, 1.807) is 26.0 Å². The topological polar surface area (TPSA) is 130 Å². The Balaban J connectivity index is 1.95. The molecule has 0 fully saturated rings. The number of aromatic nitrogens is 1. The number of carbonyl (C=O) groups is 2. The molecule has 8 nitrogen and oxygen atoms in total. The van der Waals surface area contributed by atoms with E-state index in [2.05, 4.69) is 20.6 Å². The van der Waals surface area contributed by atoms with Crippen LogP contribution in [0.25, 0.3) is 0 Å². The number of carbonyl (C=O) groups excluding carboxylic acids is 1. The van der Waals surface area contributed by atoms with Gasteiger partial charge >= 0.3 is 5.97 Å². The van der Waals surface area contributed by atoms with E-state index in [0.717, 1.165) is 5.56 Å². The number of rotatable bonds is 8. The van der Waals surface area contributed by atoms with Crippen LogP contribution in [-0.4, -0.2) is 34.0 Å². The number of hydrogen-bond acceptors (Lipinski definition) is 4. The molecule has 148 valence electrons. The lowest BCUT2D eigenvalue weighted by atomic mass is 10.0. The SMILES string of the molecule is CC(C)[C@H](NC(=O)c1cccc(CNC(N)=NCc2ccccc2)n1)C(=O)O. The summed E-state index contributed by atoms with van der Waals surface area (Å²) in [5, 5.41) is 14.6. The Bertz CT molecular complexity index is 837. The van der Waals surface area contributed by atoms with Gasteiger partial charge in [0.1, 0.15) is 11.7 Å². The van der Waals surface area contributed by atoms with Crippen LogP contribution >= 0.6 is 0 Å². The van der Waals surface area contributed by atoms with Crippen LogP contribution in [0.5, 0.6) is 0 Å². The summed E-state index contributed by atoms with van der Waals surface area (Å²) in [6, 6.07) is 13.7. The molecule has 0 bridgehead atoms. The average Bonchev–Trinajstić information content (AvgIpc) is 2.69. The summed E-state index contributed by atoms with van der Waals surface area (Å²) >= 11 is 0. The highest BCUT2D eigenvalue weighted by Crippen LogP contribution is 2.05. The molecule has 8 heteroatoms. The lowest BCUT2D eigenvalue weighted by Crippen LogP contribution is -2.44. The van der Waals surface area contributed by atoms with Gasteiger partial charge in [0, 0.05) is 0 Å². The van der Waals surface area contributed by atoms with E-state index >= 15 is 0 Å². The minimum atomic E-state index is -1.08. The van der Waals surface area contributed by atoms with Gasteiger partial charge in [0.15, 0.2) is 5.96 Å². The fraction of sp³-hybridized carbons (Fsp3) is 0.300. The van der Waals surface area contributed by atoms with Gasteiger partial charge in [0.25, 0.3) is 5.91 Å². The minimum Gasteiger partial charge on any atom is -0.480 e. The van der Waals surface area contributed by atoms with E-state index < -0.39 is 17.9 Å². The number of pyridine rings is 1. The van der Waals surface area contributed by atoms with Crippen molar-refractivity contribution >= 4 is 17.8 Å². The van der Waals surface area contributed by atoms with Gasteiger partial charge < -0.3 is 21.5 Å². The van der Waals surface area contributed by atoms with Crippen LogP contribution in [0, 0.1) is 5.92 Å².